The number of fused-ring (bicyclic) bond motifs is 1. The second-order valence-corrected chi connectivity index (χ2v) is 8.49. The number of aromatic nitrogens is 2. The highest BCUT2D eigenvalue weighted by Gasteiger charge is 2.26. The fourth-order valence-corrected chi connectivity index (χ4v) is 4.15. The summed E-state index contributed by atoms with van der Waals surface area (Å²) < 4.78 is 1.71. The standard InChI is InChI=1S/C27H35N3O2/c1-5-7-9-18-25(31)29(19-8-6-2)21(4)26-28-23-16-12-11-15-22(23)27(32)30(26)24-17-13-10-14-20(24)3/h10-17,21H,5-9,18-19H2,1-4H3/t21-/m1/s1. The normalized spacial score (nSPS) is 12.1. The molecule has 1 amide bonds. The van der Waals surface area contributed by atoms with E-state index in [9.17, 15) is 9.59 Å². The van der Waals surface area contributed by atoms with Gasteiger partial charge in [0.05, 0.1) is 22.6 Å². The van der Waals surface area contributed by atoms with E-state index in [4.69, 9.17) is 4.98 Å². The van der Waals surface area contributed by atoms with Gasteiger partial charge in [0.15, 0.2) is 0 Å². The largest absolute Gasteiger partial charge is 0.333 e. The minimum absolute atomic E-state index is 0.0966. The first kappa shape index (κ1) is 23.7. The van der Waals surface area contributed by atoms with Crippen LogP contribution in [-0.4, -0.2) is 26.9 Å². The molecule has 0 saturated carbocycles. The summed E-state index contributed by atoms with van der Waals surface area (Å²) in [5, 5.41) is 0.584. The van der Waals surface area contributed by atoms with Crippen LogP contribution < -0.4 is 5.56 Å². The Balaban J connectivity index is 2.16. The van der Waals surface area contributed by atoms with Crippen LogP contribution in [-0.2, 0) is 4.79 Å². The van der Waals surface area contributed by atoms with Crippen LogP contribution >= 0.6 is 0 Å². The number of unbranched alkanes of at least 4 members (excludes halogenated alkanes) is 3. The van der Waals surface area contributed by atoms with Crippen molar-refractivity contribution in [3.05, 3.63) is 70.3 Å². The van der Waals surface area contributed by atoms with Gasteiger partial charge in [0.25, 0.3) is 5.56 Å². The summed E-state index contributed by atoms with van der Waals surface area (Å²) in [7, 11) is 0. The van der Waals surface area contributed by atoms with E-state index in [-0.39, 0.29) is 17.5 Å². The lowest BCUT2D eigenvalue weighted by molar-refractivity contribution is -0.133. The summed E-state index contributed by atoms with van der Waals surface area (Å²) in [5.74, 6) is 0.751. The van der Waals surface area contributed by atoms with Crippen molar-refractivity contribution in [2.45, 2.75) is 72.3 Å². The zero-order valence-electron chi connectivity index (χ0n) is 19.8. The van der Waals surface area contributed by atoms with Crippen molar-refractivity contribution in [1.29, 1.82) is 0 Å². The average Bonchev–Trinajstić information content (AvgIpc) is 2.80. The van der Waals surface area contributed by atoms with Gasteiger partial charge in [0.1, 0.15) is 5.82 Å². The van der Waals surface area contributed by atoms with Gasteiger partial charge in [-0.15, -0.1) is 0 Å². The Bertz CT molecular complexity index is 1120. The van der Waals surface area contributed by atoms with Gasteiger partial charge >= 0.3 is 0 Å². The maximum atomic E-state index is 13.6. The van der Waals surface area contributed by atoms with Crippen LogP contribution in [0.25, 0.3) is 16.6 Å². The molecule has 5 heteroatoms. The van der Waals surface area contributed by atoms with E-state index in [2.05, 4.69) is 13.8 Å². The number of hydrogen-bond acceptors (Lipinski definition) is 3. The summed E-state index contributed by atoms with van der Waals surface area (Å²) in [6.07, 6.45) is 5.47. The maximum absolute atomic E-state index is 13.6. The lowest BCUT2D eigenvalue weighted by atomic mass is 10.1. The third kappa shape index (κ3) is 5.09. The molecule has 0 N–H and O–H groups in total. The molecule has 0 fully saturated rings. The minimum atomic E-state index is -0.312. The molecule has 2 aromatic carbocycles. The topological polar surface area (TPSA) is 55.2 Å². The smallest absolute Gasteiger partial charge is 0.266 e. The molecule has 1 atom stereocenters. The Hall–Kier alpha value is -2.95. The first-order chi connectivity index (χ1) is 15.5. The lowest BCUT2D eigenvalue weighted by Crippen LogP contribution is -2.38. The summed E-state index contributed by atoms with van der Waals surface area (Å²) in [6, 6.07) is 15.0. The highest BCUT2D eigenvalue weighted by molar-refractivity contribution is 5.79. The molecule has 32 heavy (non-hydrogen) atoms. The first-order valence-corrected chi connectivity index (χ1v) is 11.9. The summed E-state index contributed by atoms with van der Waals surface area (Å²) in [4.78, 5) is 33.7. The number of amides is 1. The van der Waals surface area contributed by atoms with Gasteiger partial charge in [-0.05, 0) is 50.5 Å². The fourth-order valence-electron chi connectivity index (χ4n) is 4.15. The number of nitrogens with zero attached hydrogens (tertiary/aromatic N) is 3. The predicted octanol–water partition coefficient (Wildman–Crippen LogP) is 5.96. The molecule has 1 aromatic heterocycles. The van der Waals surface area contributed by atoms with E-state index in [1.165, 1.54) is 0 Å². The van der Waals surface area contributed by atoms with Crippen molar-refractivity contribution < 1.29 is 4.79 Å². The van der Waals surface area contributed by atoms with Crippen molar-refractivity contribution >= 4 is 16.8 Å². The number of carbonyl (C=O) groups is 1. The van der Waals surface area contributed by atoms with Crippen molar-refractivity contribution in [1.82, 2.24) is 14.5 Å². The van der Waals surface area contributed by atoms with E-state index in [1.807, 2.05) is 67.3 Å². The molecule has 1 heterocycles. The zero-order valence-corrected chi connectivity index (χ0v) is 19.8. The summed E-state index contributed by atoms with van der Waals surface area (Å²) >= 11 is 0. The van der Waals surface area contributed by atoms with E-state index in [0.717, 1.165) is 43.4 Å². The molecule has 0 aliphatic rings. The molecular weight excluding hydrogens is 398 g/mol. The Morgan fingerprint density at radius 1 is 1.00 bits per heavy atom. The Morgan fingerprint density at radius 2 is 1.69 bits per heavy atom. The van der Waals surface area contributed by atoms with Crippen molar-refractivity contribution in [2.75, 3.05) is 6.54 Å². The van der Waals surface area contributed by atoms with Gasteiger partial charge in [-0.25, -0.2) is 4.98 Å². The number of benzene rings is 2. The Labute approximate surface area is 191 Å². The molecule has 3 aromatic rings. The second-order valence-electron chi connectivity index (χ2n) is 8.49. The van der Waals surface area contributed by atoms with Gasteiger partial charge in [-0.2, -0.15) is 0 Å². The molecular formula is C27H35N3O2. The molecule has 3 rings (SSSR count). The second kappa shape index (κ2) is 11.1. The first-order valence-electron chi connectivity index (χ1n) is 11.9. The van der Waals surface area contributed by atoms with Crippen LogP contribution in [0.3, 0.4) is 0 Å². The number of para-hydroxylation sites is 2. The highest BCUT2D eigenvalue weighted by atomic mass is 16.2. The van der Waals surface area contributed by atoms with E-state index in [1.54, 1.807) is 4.57 Å². The Morgan fingerprint density at radius 3 is 2.41 bits per heavy atom. The molecule has 0 spiro atoms. The molecule has 5 nitrogen and oxygen atoms in total. The number of hydrogen-bond donors (Lipinski definition) is 0. The highest BCUT2D eigenvalue weighted by Crippen LogP contribution is 2.25. The van der Waals surface area contributed by atoms with Crippen LogP contribution in [0.2, 0.25) is 0 Å². The third-order valence-corrected chi connectivity index (χ3v) is 6.07. The maximum Gasteiger partial charge on any atom is 0.266 e. The van der Waals surface area contributed by atoms with Gasteiger partial charge in [0.2, 0.25) is 5.91 Å². The molecule has 0 aliphatic carbocycles. The van der Waals surface area contributed by atoms with Crippen LogP contribution in [0, 0.1) is 6.92 Å². The van der Waals surface area contributed by atoms with Gasteiger partial charge < -0.3 is 4.90 Å². The van der Waals surface area contributed by atoms with Crippen LogP contribution in [0.15, 0.2) is 53.3 Å². The van der Waals surface area contributed by atoms with Gasteiger partial charge in [-0.3, -0.25) is 14.2 Å². The van der Waals surface area contributed by atoms with Gasteiger partial charge in [0, 0.05) is 13.0 Å². The molecule has 0 aliphatic heterocycles. The number of aryl methyl sites for hydroxylation is 1. The third-order valence-electron chi connectivity index (χ3n) is 6.07. The van der Waals surface area contributed by atoms with Crippen molar-refractivity contribution in [3.8, 4) is 5.69 Å². The van der Waals surface area contributed by atoms with E-state index < -0.39 is 0 Å². The van der Waals surface area contributed by atoms with Crippen LogP contribution in [0.1, 0.15) is 76.7 Å². The average molecular weight is 434 g/mol. The molecule has 0 radical (unpaired) electrons. The van der Waals surface area contributed by atoms with Crippen molar-refractivity contribution in [3.63, 3.8) is 0 Å². The lowest BCUT2D eigenvalue weighted by Gasteiger charge is -2.31. The minimum Gasteiger partial charge on any atom is -0.333 e. The van der Waals surface area contributed by atoms with Gasteiger partial charge in [-0.1, -0.05) is 63.4 Å². The SMILES string of the molecule is CCCCCC(=O)N(CCCC)[C@H](C)c1nc2ccccc2c(=O)n1-c1ccccc1C. The monoisotopic (exact) mass is 433 g/mol. The molecule has 0 unspecified atom stereocenters. The summed E-state index contributed by atoms with van der Waals surface area (Å²) in [6.45, 7) is 8.93. The fraction of sp³-hybridized carbons (Fsp3) is 0.444. The number of carbonyl (C=O) groups excluding carboxylic acids is 1. The van der Waals surface area contributed by atoms with E-state index >= 15 is 0 Å². The quantitative estimate of drug-likeness (QED) is 0.370. The van der Waals surface area contributed by atoms with Crippen LogP contribution in [0.4, 0.5) is 0 Å². The molecule has 170 valence electrons. The number of rotatable bonds is 10. The molecule has 0 saturated heterocycles. The predicted molar refractivity (Wildman–Crippen MR) is 131 cm³/mol. The van der Waals surface area contributed by atoms with E-state index in [0.29, 0.717) is 29.7 Å². The zero-order chi connectivity index (χ0) is 23.1. The van der Waals surface area contributed by atoms with Crippen molar-refractivity contribution in [2.24, 2.45) is 0 Å². The molecule has 0 bridgehead atoms. The summed E-state index contributed by atoms with van der Waals surface area (Å²) in [5.41, 5.74) is 2.37. The van der Waals surface area contributed by atoms with Crippen LogP contribution in [0.5, 0.6) is 0 Å². The Kier molecular flexibility index (Phi) is 8.20.